The molecule has 0 aliphatic carbocycles. The SMILES string of the molecule is Cc1cc(C)cc(OCCNC(=O)Cc2ccccc2Cl)c1. The van der Waals surface area contributed by atoms with Crippen LogP contribution in [0.1, 0.15) is 16.7 Å². The fourth-order valence-corrected chi connectivity index (χ4v) is 2.46. The van der Waals surface area contributed by atoms with Crippen molar-refractivity contribution in [1.82, 2.24) is 5.32 Å². The number of nitrogens with one attached hydrogen (secondary N) is 1. The Hall–Kier alpha value is -2.00. The van der Waals surface area contributed by atoms with Crippen molar-refractivity contribution < 1.29 is 9.53 Å². The van der Waals surface area contributed by atoms with Gasteiger partial charge >= 0.3 is 0 Å². The van der Waals surface area contributed by atoms with E-state index in [0.29, 0.717) is 18.2 Å². The van der Waals surface area contributed by atoms with E-state index in [1.54, 1.807) is 6.07 Å². The Balaban J connectivity index is 1.74. The molecule has 1 N–H and O–H groups in total. The van der Waals surface area contributed by atoms with Crippen molar-refractivity contribution in [2.24, 2.45) is 0 Å². The number of hydrogen-bond acceptors (Lipinski definition) is 2. The van der Waals surface area contributed by atoms with Crippen molar-refractivity contribution in [3.63, 3.8) is 0 Å². The Kier molecular flexibility index (Phi) is 5.84. The fourth-order valence-electron chi connectivity index (χ4n) is 2.25. The van der Waals surface area contributed by atoms with E-state index < -0.39 is 0 Å². The Morgan fingerprint density at radius 1 is 1.14 bits per heavy atom. The summed E-state index contributed by atoms with van der Waals surface area (Å²) in [6.45, 7) is 4.98. The Morgan fingerprint density at radius 3 is 2.50 bits per heavy atom. The standard InChI is InChI=1S/C18H20ClNO2/c1-13-9-14(2)11-16(10-13)22-8-7-20-18(21)12-15-5-3-4-6-17(15)19/h3-6,9-11H,7-8,12H2,1-2H3,(H,20,21). The van der Waals surface area contributed by atoms with Gasteiger partial charge in [0.05, 0.1) is 13.0 Å². The number of benzene rings is 2. The van der Waals surface area contributed by atoms with Gasteiger partial charge in [0, 0.05) is 5.02 Å². The molecule has 2 aromatic rings. The molecule has 1 amide bonds. The minimum absolute atomic E-state index is 0.0582. The van der Waals surface area contributed by atoms with Gasteiger partial charge in [-0.25, -0.2) is 0 Å². The third kappa shape index (κ3) is 5.08. The van der Waals surface area contributed by atoms with Gasteiger partial charge in [0.25, 0.3) is 0 Å². The van der Waals surface area contributed by atoms with E-state index in [0.717, 1.165) is 22.4 Å². The van der Waals surface area contributed by atoms with Gasteiger partial charge in [0.15, 0.2) is 0 Å². The van der Waals surface area contributed by atoms with E-state index in [1.807, 2.05) is 44.2 Å². The summed E-state index contributed by atoms with van der Waals surface area (Å²) in [5.41, 5.74) is 3.16. The van der Waals surface area contributed by atoms with Crippen molar-refractivity contribution in [3.05, 3.63) is 64.2 Å². The molecule has 0 aromatic heterocycles. The average Bonchev–Trinajstić information content (AvgIpc) is 2.45. The maximum atomic E-state index is 11.9. The third-order valence-corrected chi connectivity index (χ3v) is 3.57. The van der Waals surface area contributed by atoms with Crippen molar-refractivity contribution in [2.45, 2.75) is 20.3 Å². The van der Waals surface area contributed by atoms with Crippen LogP contribution < -0.4 is 10.1 Å². The van der Waals surface area contributed by atoms with Gasteiger partial charge in [-0.1, -0.05) is 35.9 Å². The number of amides is 1. The summed E-state index contributed by atoms with van der Waals surface area (Å²) in [6, 6.07) is 13.4. The lowest BCUT2D eigenvalue weighted by Gasteiger charge is -2.10. The number of aryl methyl sites for hydroxylation is 2. The van der Waals surface area contributed by atoms with Crippen molar-refractivity contribution >= 4 is 17.5 Å². The largest absolute Gasteiger partial charge is 0.492 e. The van der Waals surface area contributed by atoms with Crippen LogP contribution in [-0.4, -0.2) is 19.1 Å². The molecule has 0 bridgehead atoms. The zero-order valence-electron chi connectivity index (χ0n) is 12.9. The second kappa shape index (κ2) is 7.85. The predicted octanol–water partition coefficient (Wildman–Crippen LogP) is 3.69. The number of rotatable bonds is 6. The van der Waals surface area contributed by atoms with E-state index >= 15 is 0 Å². The number of hydrogen-bond donors (Lipinski definition) is 1. The lowest BCUT2D eigenvalue weighted by Crippen LogP contribution is -2.29. The zero-order valence-corrected chi connectivity index (χ0v) is 13.6. The molecule has 0 aliphatic rings. The summed E-state index contributed by atoms with van der Waals surface area (Å²) in [7, 11) is 0. The smallest absolute Gasteiger partial charge is 0.224 e. The van der Waals surface area contributed by atoms with Crippen LogP contribution in [0.25, 0.3) is 0 Å². The topological polar surface area (TPSA) is 38.3 Å². The molecule has 0 saturated heterocycles. The Morgan fingerprint density at radius 2 is 1.82 bits per heavy atom. The predicted molar refractivity (Wildman–Crippen MR) is 89.6 cm³/mol. The van der Waals surface area contributed by atoms with Crippen LogP contribution in [0.3, 0.4) is 0 Å². The molecule has 0 fully saturated rings. The normalized spacial score (nSPS) is 10.3. The van der Waals surface area contributed by atoms with Gasteiger partial charge in [0.1, 0.15) is 12.4 Å². The molecule has 22 heavy (non-hydrogen) atoms. The third-order valence-electron chi connectivity index (χ3n) is 3.20. The van der Waals surface area contributed by atoms with Crippen LogP contribution in [-0.2, 0) is 11.2 Å². The van der Waals surface area contributed by atoms with E-state index in [1.165, 1.54) is 0 Å². The van der Waals surface area contributed by atoms with Crippen LogP contribution in [0.2, 0.25) is 5.02 Å². The first-order chi connectivity index (χ1) is 10.5. The number of carbonyl (C=O) groups excluding carboxylic acids is 1. The molecule has 4 heteroatoms. The molecule has 116 valence electrons. The molecule has 2 aromatic carbocycles. The maximum absolute atomic E-state index is 11.9. The van der Waals surface area contributed by atoms with Crippen molar-refractivity contribution in [3.8, 4) is 5.75 Å². The summed E-state index contributed by atoms with van der Waals surface area (Å²) in [5.74, 6) is 0.773. The first-order valence-corrected chi connectivity index (χ1v) is 7.63. The first-order valence-electron chi connectivity index (χ1n) is 7.26. The maximum Gasteiger partial charge on any atom is 0.224 e. The summed E-state index contributed by atoms with van der Waals surface area (Å²) in [5, 5.41) is 3.45. The Labute approximate surface area is 136 Å². The molecule has 3 nitrogen and oxygen atoms in total. The van der Waals surface area contributed by atoms with Crippen molar-refractivity contribution in [1.29, 1.82) is 0 Å². The van der Waals surface area contributed by atoms with Gasteiger partial charge in [-0.15, -0.1) is 0 Å². The van der Waals surface area contributed by atoms with Crippen LogP contribution >= 0.6 is 11.6 Å². The minimum Gasteiger partial charge on any atom is -0.492 e. The molecule has 0 spiro atoms. The number of carbonyl (C=O) groups is 1. The van der Waals surface area contributed by atoms with Gasteiger partial charge in [-0.3, -0.25) is 4.79 Å². The van der Waals surface area contributed by atoms with Gasteiger partial charge < -0.3 is 10.1 Å². The Bertz CT molecular complexity index is 635. The number of ether oxygens (including phenoxy) is 1. The van der Waals surface area contributed by atoms with Crippen LogP contribution in [0.15, 0.2) is 42.5 Å². The molecule has 0 aliphatic heterocycles. The molecule has 0 radical (unpaired) electrons. The van der Waals surface area contributed by atoms with Gasteiger partial charge in [-0.05, 0) is 48.7 Å². The highest BCUT2D eigenvalue weighted by Gasteiger charge is 2.06. The van der Waals surface area contributed by atoms with Crippen LogP contribution in [0, 0.1) is 13.8 Å². The highest BCUT2D eigenvalue weighted by atomic mass is 35.5. The van der Waals surface area contributed by atoms with E-state index in [-0.39, 0.29) is 12.3 Å². The summed E-state index contributed by atoms with van der Waals surface area (Å²) < 4.78 is 5.65. The molecule has 0 atom stereocenters. The first kappa shape index (κ1) is 16.4. The molecular formula is C18H20ClNO2. The lowest BCUT2D eigenvalue weighted by atomic mass is 10.1. The summed E-state index contributed by atoms with van der Waals surface area (Å²) in [4.78, 5) is 11.9. The van der Waals surface area contributed by atoms with E-state index in [9.17, 15) is 4.79 Å². The number of halogens is 1. The lowest BCUT2D eigenvalue weighted by molar-refractivity contribution is -0.120. The second-order valence-electron chi connectivity index (χ2n) is 5.29. The van der Waals surface area contributed by atoms with Crippen molar-refractivity contribution in [2.75, 3.05) is 13.2 Å². The van der Waals surface area contributed by atoms with Crippen LogP contribution in [0.4, 0.5) is 0 Å². The van der Waals surface area contributed by atoms with Gasteiger partial charge in [-0.2, -0.15) is 0 Å². The molecular weight excluding hydrogens is 298 g/mol. The van der Waals surface area contributed by atoms with Crippen LogP contribution in [0.5, 0.6) is 5.75 Å². The molecule has 0 unspecified atom stereocenters. The van der Waals surface area contributed by atoms with Gasteiger partial charge in [0.2, 0.25) is 5.91 Å². The van der Waals surface area contributed by atoms with E-state index in [2.05, 4.69) is 11.4 Å². The highest BCUT2D eigenvalue weighted by Crippen LogP contribution is 2.16. The molecule has 0 heterocycles. The monoisotopic (exact) mass is 317 g/mol. The second-order valence-corrected chi connectivity index (χ2v) is 5.70. The zero-order chi connectivity index (χ0) is 15.9. The quantitative estimate of drug-likeness (QED) is 0.825. The molecule has 2 rings (SSSR count). The average molecular weight is 318 g/mol. The minimum atomic E-state index is -0.0582. The van der Waals surface area contributed by atoms with E-state index in [4.69, 9.17) is 16.3 Å². The highest BCUT2D eigenvalue weighted by molar-refractivity contribution is 6.31. The summed E-state index contributed by atoms with van der Waals surface area (Å²) >= 11 is 6.03. The molecule has 0 saturated carbocycles. The fraction of sp³-hybridized carbons (Fsp3) is 0.278. The summed E-state index contributed by atoms with van der Waals surface area (Å²) in [6.07, 6.45) is 0.281.